The van der Waals surface area contributed by atoms with E-state index in [0.29, 0.717) is 19.8 Å². The highest BCUT2D eigenvalue weighted by Gasteiger charge is 2.23. The van der Waals surface area contributed by atoms with Crippen molar-refractivity contribution < 1.29 is 9.84 Å². The van der Waals surface area contributed by atoms with E-state index in [4.69, 9.17) is 15.6 Å². The first-order chi connectivity index (χ1) is 3.84. The van der Waals surface area contributed by atoms with Crippen molar-refractivity contribution in [2.75, 3.05) is 19.8 Å². The summed E-state index contributed by atoms with van der Waals surface area (Å²) in [4.78, 5) is 0. The molecule has 1 heterocycles. The molecule has 56 valence electrons. The quantitative estimate of drug-likeness (QED) is 0.528. The smallest absolute Gasteiger partial charge is 0.0835 e. The van der Waals surface area contributed by atoms with Gasteiger partial charge in [-0.25, -0.2) is 0 Å². The number of hydrogen-bond acceptors (Lipinski definition) is 3. The van der Waals surface area contributed by atoms with Gasteiger partial charge >= 0.3 is 0 Å². The minimum Gasteiger partial charge on any atom is -0.390 e. The maximum atomic E-state index is 8.98. The molecule has 0 bridgehead atoms. The maximum Gasteiger partial charge on any atom is 0.0835 e. The highest BCUT2D eigenvalue weighted by Crippen LogP contribution is 2.10. The molecule has 2 atom stereocenters. The molecule has 0 amide bonds. The van der Waals surface area contributed by atoms with Gasteiger partial charge in [-0.3, -0.25) is 0 Å². The van der Waals surface area contributed by atoms with E-state index in [-0.39, 0.29) is 24.4 Å². The Morgan fingerprint density at radius 1 is 1.56 bits per heavy atom. The van der Waals surface area contributed by atoms with Crippen molar-refractivity contribution in [1.82, 2.24) is 0 Å². The molecule has 3 N–H and O–H groups in total. The lowest BCUT2D eigenvalue weighted by atomic mass is 10.1. The predicted molar refractivity (Wildman–Crippen MR) is 36.6 cm³/mol. The molecule has 1 fully saturated rings. The Kier molecular flexibility index (Phi) is 4.14. The molecule has 1 rings (SSSR count). The summed E-state index contributed by atoms with van der Waals surface area (Å²) < 4.78 is 4.93. The van der Waals surface area contributed by atoms with Gasteiger partial charge in [0.25, 0.3) is 0 Å². The molecule has 1 aliphatic heterocycles. The van der Waals surface area contributed by atoms with Crippen LogP contribution in [0.4, 0.5) is 0 Å². The molecule has 0 radical (unpaired) electrons. The second kappa shape index (κ2) is 4.06. The lowest BCUT2D eigenvalue weighted by Crippen LogP contribution is -2.25. The van der Waals surface area contributed by atoms with Gasteiger partial charge in [0, 0.05) is 5.92 Å². The summed E-state index contributed by atoms with van der Waals surface area (Å²) >= 11 is 0. The van der Waals surface area contributed by atoms with Gasteiger partial charge in [-0.05, 0) is 6.54 Å². The number of rotatable bonds is 1. The first kappa shape index (κ1) is 9.17. The third-order valence-electron chi connectivity index (χ3n) is 1.47. The predicted octanol–water partition coefficient (Wildman–Crippen LogP) is -0.626. The number of halogens is 1. The van der Waals surface area contributed by atoms with Crippen molar-refractivity contribution in [1.29, 1.82) is 0 Å². The standard InChI is InChI=1S/C5H11NO2.ClH/c6-1-4-2-8-3-5(4)7;/h4-5,7H,1-3,6H2;1H. The van der Waals surface area contributed by atoms with Gasteiger partial charge in [0.2, 0.25) is 0 Å². The lowest BCUT2D eigenvalue weighted by Gasteiger charge is -2.06. The summed E-state index contributed by atoms with van der Waals surface area (Å²) in [6, 6.07) is 0. The number of hydrogen-bond donors (Lipinski definition) is 2. The van der Waals surface area contributed by atoms with E-state index in [1.165, 1.54) is 0 Å². The highest BCUT2D eigenvalue weighted by molar-refractivity contribution is 5.85. The van der Waals surface area contributed by atoms with Crippen LogP contribution in [-0.2, 0) is 4.74 Å². The molecule has 0 saturated carbocycles. The van der Waals surface area contributed by atoms with Gasteiger partial charge in [-0.15, -0.1) is 12.4 Å². The van der Waals surface area contributed by atoms with E-state index < -0.39 is 0 Å². The van der Waals surface area contributed by atoms with Crippen molar-refractivity contribution in [3.63, 3.8) is 0 Å². The van der Waals surface area contributed by atoms with Crippen LogP contribution in [-0.4, -0.2) is 31.0 Å². The van der Waals surface area contributed by atoms with E-state index in [0.717, 1.165) is 0 Å². The van der Waals surface area contributed by atoms with E-state index in [9.17, 15) is 0 Å². The Labute approximate surface area is 60.6 Å². The average Bonchev–Trinajstić information content (AvgIpc) is 2.14. The van der Waals surface area contributed by atoms with Crippen LogP contribution in [0.5, 0.6) is 0 Å². The van der Waals surface area contributed by atoms with Crippen molar-refractivity contribution in [2.24, 2.45) is 11.7 Å². The minimum atomic E-state index is -0.319. The van der Waals surface area contributed by atoms with Crippen LogP contribution in [0, 0.1) is 5.92 Å². The molecule has 0 aromatic heterocycles. The number of ether oxygens (including phenoxy) is 1. The van der Waals surface area contributed by atoms with Gasteiger partial charge in [-0.1, -0.05) is 0 Å². The van der Waals surface area contributed by atoms with E-state index >= 15 is 0 Å². The first-order valence-electron chi connectivity index (χ1n) is 2.80. The SMILES string of the molecule is Cl.NCC1COCC1O. The Bertz CT molecular complexity index is 81.4. The lowest BCUT2D eigenvalue weighted by molar-refractivity contribution is 0.119. The zero-order chi connectivity index (χ0) is 5.98. The van der Waals surface area contributed by atoms with Gasteiger partial charge in [0.15, 0.2) is 0 Å². The van der Waals surface area contributed by atoms with Crippen LogP contribution in [0.25, 0.3) is 0 Å². The largest absolute Gasteiger partial charge is 0.390 e. The molecule has 1 saturated heterocycles. The molecule has 1 aliphatic rings. The molecule has 0 aromatic rings. The molecule has 0 aliphatic carbocycles. The Balaban J connectivity index is 0.000000640. The number of aliphatic hydroxyl groups is 1. The normalized spacial score (nSPS) is 34.0. The summed E-state index contributed by atoms with van der Waals surface area (Å²) in [5.41, 5.74) is 5.28. The van der Waals surface area contributed by atoms with Gasteiger partial charge < -0.3 is 15.6 Å². The zero-order valence-electron chi connectivity index (χ0n) is 5.12. The van der Waals surface area contributed by atoms with Gasteiger partial charge in [-0.2, -0.15) is 0 Å². The second-order valence-corrected chi connectivity index (χ2v) is 2.10. The van der Waals surface area contributed by atoms with Gasteiger partial charge in [0.1, 0.15) is 0 Å². The second-order valence-electron chi connectivity index (χ2n) is 2.10. The summed E-state index contributed by atoms with van der Waals surface area (Å²) in [6.07, 6.45) is -0.319. The van der Waals surface area contributed by atoms with E-state index in [1.54, 1.807) is 0 Å². The zero-order valence-corrected chi connectivity index (χ0v) is 5.93. The molecular formula is C5H12ClNO2. The summed E-state index contributed by atoms with van der Waals surface area (Å²) in [7, 11) is 0. The Morgan fingerprint density at radius 3 is 2.44 bits per heavy atom. The van der Waals surface area contributed by atoms with Crippen molar-refractivity contribution in [2.45, 2.75) is 6.10 Å². The Morgan fingerprint density at radius 2 is 2.22 bits per heavy atom. The van der Waals surface area contributed by atoms with E-state index in [1.807, 2.05) is 0 Å². The van der Waals surface area contributed by atoms with E-state index in [2.05, 4.69) is 0 Å². The topological polar surface area (TPSA) is 55.5 Å². The summed E-state index contributed by atoms with van der Waals surface area (Å²) in [5.74, 6) is 0.176. The summed E-state index contributed by atoms with van der Waals surface area (Å²) in [6.45, 7) is 1.61. The van der Waals surface area contributed by atoms with Crippen LogP contribution in [0.3, 0.4) is 0 Å². The fraction of sp³-hybridized carbons (Fsp3) is 1.00. The molecule has 9 heavy (non-hydrogen) atoms. The van der Waals surface area contributed by atoms with Gasteiger partial charge in [0.05, 0.1) is 19.3 Å². The summed E-state index contributed by atoms with van der Waals surface area (Å²) in [5, 5.41) is 8.98. The van der Waals surface area contributed by atoms with Crippen LogP contribution in [0.2, 0.25) is 0 Å². The maximum absolute atomic E-state index is 8.98. The van der Waals surface area contributed by atoms with Crippen molar-refractivity contribution in [3.8, 4) is 0 Å². The van der Waals surface area contributed by atoms with Crippen LogP contribution in [0.1, 0.15) is 0 Å². The number of nitrogens with two attached hydrogens (primary N) is 1. The van der Waals surface area contributed by atoms with Crippen molar-refractivity contribution >= 4 is 12.4 Å². The Hall–Kier alpha value is 0.170. The number of aliphatic hydroxyl groups excluding tert-OH is 1. The highest BCUT2D eigenvalue weighted by atomic mass is 35.5. The third-order valence-corrected chi connectivity index (χ3v) is 1.47. The third kappa shape index (κ3) is 2.10. The first-order valence-corrected chi connectivity index (χ1v) is 2.80. The van der Waals surface area contributed by atoms with Crippen molar-refractivity contribution in [3.05, 3.63) is 0 Å². The fourth-order valence-corrected chi connectivity index (χ4v) is 0.812. The van der Waals surface area contributed by atoms with Crippen LogP contribution < -0.4 is 5.73 Å². The molecule has 4 heteroatoms. The van der Waals surface area contributed by atoms with Crippen LogP contribution in [0.15, 0.2) is 0 Å². The molecule has 0 spiro atoms. The fourth-order valence-electron chi connectivity index (χ4n) is 0.812. The monoisotopic (exact) mass is 153 g/mol. The van der Waals surface area contributed by atoms with Crippen LogP contribution >= 0.6 is 12.4 Å². The minimum absolute atomic E-state index is 0. The molecule has 0 aromatic carbocycles. The molecule has 2 unspecified atom stereocenters. The molecule has 3 nitrogen and oxygen atoms in total. The average molecular weight is 154 g/mol. The molecular weight excluding hydrogens is 142 g/mol.